The monoisotopic (exact) mass is 485 g/mol. The number of hydrogen-bond donors (Lipinski definition) is 1. The molecule has 0 aliphatic carbocycles. The number of benzene rings is 1. The van der Waals surface area contributed by atoms with Crippen molar-refractivity contribution in [1.82, 2.24) is 15.1 Å². The average molecular weight is 486 g/mol. The summed E-state index contributed by atoms with van der Waals surface area (Å²) in [5.41, 5.74) is 1.80. The van der Waals surface area contributed by atoms with Gasteiger partial charge in [-0.15, -0.1) is 0 Å². The first kappa shape index (κ1) is 25.8. The van der Waals surface area contributed by atoms with E-state index in [4.69, 9.17) is 9.47 Å². The number of carbonyl (C=O) groups excluding carboxylic acids is 3. The quantitative estimate of drug-likeness (QED) is 0.577. The van der Waals surface area contributed by atoms with E-state index in [1.807, 2.05) is 38.1 Å². The zero-order chi connectivity index (χ0) is 24.9. The fourth-order valence-electron chi connectivity index (χ4n) is 5.54. The van der Waals surface area contributed by atoms with Crippen molar-refractivity contribution in [2.45, 2.75) is 63.6 Å². The van der Waals surface area contributed by atoms with E-state index in [-0.39, 0.29) is 36.2 Å². The number of piperidine rings is 1. The molecule has 3 aliphatic heterocycles. The molecule has 0 spiro atoms. The Balaban J connectivity index is 1.38. The molecule has 3 fully saturated rings. The van der Waals surface area contributed by atoms with Crippen molar-refractivity contribution in [2.75, 3.05) is 46.5 Å². The molecule has 0 saturated carbocycles. The third-order valence-corrected chi connectivity index (χ3v) is 8.00. The molecule has 0 bridgehead atoms. The summed E-state index contributed by atoms with van der Waals surface area (Å²) in [7, 11) is 1.73. The summed E-state index contributed by atoms with van der Waals surface area (Å²) in [5, 5.41) is 2.98. The van der Waals surface area contributed by atoms with Crippen LogP contribution in [0.25, 0.3) is 0 Å². The molecule has 2 unspecified atom stereocenters. The second kappa shape index (κ2) is 11.6. The van der Waals surface area contributed by atoms with Gasteiger partial charge >= 0.3 is 0 Å². The first-order valence-corrected chi connectivity index (χ1v) is 13.0. The normalized spacial score (nSPS) is 24.9. The molecule has 4 rings (SSSR count). The number of nitrogens with zero attached hydrogens (tertiary/aromatic N) is 2. The van der Waals surface area contributed by atoms with Gasteiger partial charge in [0.2, 0.25) is 5.91 Å². The molecule has 1 N–H and O–H groups in total. The standard InChI is InChI=1S/C27H39N3O5/c1-4-18(2)24(27(33)30-14-11-23-25(30)22(31)17-35-23)28-26(32)21-7-5-19(6-8-21)20-9-12-29(13-10-20)15-16-34-3/h5-8,18,20,23-25H,4,9-17H2,1-3H3,(H,28,32)/t18?,23-,24?,25-/m1/s1. The molecule has 192 valence electrons. The number of methoxy groups -OCH3 is 1. The van der Waals surface area contributed by atoms with Crippen LogP contribution in [0.1, 0.15) is 61.4 Å². The minimum atomic E-state index is -0.671. The van der Waals surface area contributed by atoms with E-state index in [0.29, 0.717) is 24.4 Å². The second-order valence-electron chi connectivity index (χ2n) is 10.1. The molecule has 1 aromatic rings. The van der Waals surface area contributed by atoms with Gasteiger partial charge in [-0.25, -0.2) is 0 Å². The minimum absolute atomic E-state index is 0.0461. The van der Waals surface area contributed by atoms with E-state index < -0.39 is 12.1 Å². The third kappa shape index (κ3) is 5.76. The Labute approximate surface area is 208 Å². The van der Waals surface area contributed by atoms with E-state index >= 15 is 0 Å². The summed E-state index contributed by atoms with van der Waals surface area (Å²) >= 11 is 0. The number of rotatable bonds is 9. The maximum Gasteiger partial charge on any atom is 0.251 e. The third-order valence-electron chi connectivity index (χ3n) is 8.00. The first-order chi connectivity index (χ1) is 16.9. The molecule has 3 saturated heterocycles. The Hall–Kier alpha value is -2.29. The lowest BCUT2D eigenvalue weighted by Crippen LogP contribution is -2.54. The van der Waals surface area contributed by atoms with Gasteiger partial charge in [0.1, 0.15) is 18.7 Å². The van der Waals surface area contributed by atoms with Gasteiger partial charge in [0, 0.05) is 25.8 Å². The van der Waals surface area contributed by atoms with Crippen LogP contribution in [0.4, 0.5) is 0 Å². The van der Waals surface area contributed by atoms with Crippen molar-refractivity contribution in [3.8, 4) is 0 Å². The van der Waals surface area contributed by atoms with Crippen LogP contribution in [-0.2, 0) is 19.1 Å². The molecular formula is C27H39N3O5. The maximum absolute atomic E-state index is 13.4. The lowest BCUT2D eigenvalue weighted by Gasteiger charge is -2.32. The van der Waals surface area contributed by atoms with Crippen molar-refractivity contribution >= 4 is 17.6 Å². The van der Waals surface area contributed by atoms with Crippen LogP contribution >= 0.6 is 0 Å². The Morgan fingerprint density at radius 2 is 1.86 bits per heavy atom. The number of Topliss-reactive ketones (excluding diaryl/α,β-unsaturated/α-hetero) is 1. The average Bonchev–Trinajstić information content (AvgIpc) is 3.48. The predicted molar refractivity (Wildman–Crippen MR) is 132 cm³/mol. The summed E-state index contributed by atoms with van der Waals surface area (Å²) < 4.78 is 10.7. The molecule has 1 aromatic carbocycles. The zero-order valence-electron chi connectivity index (χ0n) is 21.2. The smallest absolute Gasteiger partial charge is 0.251 e. The molecule has 0 aromatic heterocycles. The Morgan fingerprint density at radius 1 is 1.14 bits per heavy atom. The number of ether oxygens (including phenoxy) is 2. The number of fused-ring (bicyclic) bond motifs is 1. The van der Waals surface area contributed by atoms with Crippen molar-refractivity contribution in [2.24, 2.45) is 5.92 Å². The van der Waals surface area contributed by atoms with Crippen LogP contribution in [0.5, 0.6) is 0 Å². The summed E-state index contributed by atoms with van der Waals surface area (Å²) in [5.74, 6) is -0.0412. The molecule has 4 atom stereocenters. The Morgan fingerprint density at radius 3 is 2.51 bits per heavy atom. The van der Waals surface area contributed by atoms with Gasteiger partial charge < -0.3 is 24.6 Å². The lowest BCUT2D eigenvalue weighted by molar-refractivity contribution is -0.139. The molecule has 3 aliphatic rings. The van der Waals surface area contributed by atoms with E-state index in [1.165, 1.54) is 5.56 Å². The van der Waals surface area contributed by atoms with E-state index in [0.717, 1.165) is 45.5 Å². The highest BCUT2D eigenvalue weighted by Gasteiger charge is 2.48. The topological polar surface area (TPSA) is 88.2 Å². The number of ketones is 1. The van der Waals surface area contributed by atoms with Crippen LogP contribution < -0.4 is 5.32 Å². The Kier molecular flexibility index (Phi) is 8.57. The van der Waals surface area contributed by atoms with Gasteiger partial charge in [-0.1, -0.05) is 32.4 Å². The summed E-state index contributed by atoms with van der Waals surface area (Å²) in [6.07, 6.45) is 3.39. The number of likely N-dealkylation sites (tertiary alicyclic amines) is 2. The maximum atomic E-state index is 13.4. The van der Waals surface area contributed by atoms with Crippen LogP contribution in [-0.4, -0.2) is 92.1 Å². The number of carbonyl (C=O) groups is 3. The van der Waals surface area contributed by atoms with Gasteiger partial charge in [0.15, 0.2) is 5.78 Å². The van der Waals surface area contributed by atoms with Crippen LogP contribution in [0, 0.1) is 5.92 Å². The number of amides is 2. The molecule has 35 heavy (non-hydrogen) atoms. The van der Waals surface area contributed by atoms with Gasteiger partial charge in [-0.2, -0.15) is 0 Å². The van der Waals surface area contributed by atoms with Gasteiger partial charge in [0.25, 0.3) is 5.91 Å². The fourth-order valence-corrected chi connectivity index (χ4v) is 5.54. The van der Waals surface area contributed by atoms with Crippen molar-refractivity contribution in [3.05, 3.63) is 35.4 Å². The van der Waals surface area contributed by atoms with Crippen LogP contribution in [0.2, 0.25) is 0 Å². The van der Waals surface area contributed by atoms with Crippen molar-refractivity contribution < 1.29 is 23.9 Å². The van der Waals surface area contributed by atoms with E-state index in [1.54, 1.807) is 12.0 Å². The van der Waals surface area contributed by atoms with Gasteiger partial charge in [-0.05, 0) is 61.9 Å². The van der Waals surface area contributed by atoms with Crippen molar-refractivity contribution in [1.29, 1.82) is 0 Å². The summed E-state index contributed by atoms with van der Waals surface area (Å²) in [6.45, 7) is 8.37. The summed E-state index contributed by atoms with van der Waals surface area (Å²) in [4.78, 5) is 42.9. The molecular weight excluding hydrogens is 446 g/mol. The highest BCUT2D eigenvalue weighted by Crippen LogP contribution is 2.30. The van der Waals surface area contributed by atoms with Crippen molar-refractivity contribution in [3.63, 3.8) is 0 Å². The molecule has 8 heteroatoms. The SMILES string of the molecule is CCC(C)C(NC(=O)c1ccc(C2CCN(CCOC)CC2)cc1)C(=O)N1CC[C@H]2OCC(=O)[C@H]21. The fraction of sp³-hybridized carbons (Fsp3) is 0.667. The molecule has 0 radical (unpaired) electrons. The first-order valence-electron chi connectivity index (χ1n) is 13.0. The van der Waals surface area contributed by atoms with Crippen LogP contribution in [0.15, 0.2) is 24.3 Å². The molecule has 8 nitrogen and oxygen atoms in total. The second-order valence-corrected chi connectivity index (χ2v) is 10.1. The highest BCUT2D eigenvalue weighted by atomic mass is 16.5. The van der Waals surface area contributed by atoms with E-state index in [9.17, 15) is 14.4 Å². The predicted octanol–water partition coefficient (Wildman–Crippen LogP) is 2.23. The number of hydrogen-bond acceptors (Lipinski definition) is 6. The van der Waals surface area contributed by atoms with E-state index in [2.05, 4.69) is 10.2 Å². The van der Waals surface area contributed by atoms with Crippen LogP contribution in [0.3, 0.4) is 0 Å². The largest absolute Gasteiger partial charge is 0.383 e. The molecule has 3 heterocycles. The lowest BCUT2D eigenvalue weighted by atomic mass is 9.89. The number of nitrogens with one attached hydrogen (secondary N) is 1. The molecule has 2 amide bonds. The van der Waals surface area contributed by atoms with Gasteiger partial charge in [0.05, 0.1) is 12.7 Å². The highest BCUT2D eigenvalue weighted by molar-refractivity contribution is 5.99. The minimum Gasteiger partial charge on any atom is -0.383 e. The Bertz CT molecular complexity index is 897. The van der Waals surface area contributed by atoms with Gasteiger partial charge in [-0.3, -0.25) is 14.4 Å². The summed E-state index contributed by atoms with van der Waals surface area (Å²) in [6, 6.07) is 6.64. The zero-order valence-corrected chi connectivity index (χ0v) is 21.2.